The first-order valence-electron chi connectivity index (χ1n) is 6.50. The largest absolute Gasteiger partial charge is 0.453 e. The van der Waals surface area contributed by atoms with E-state index in [2.05, 4.69) is 10.1 Å². The van der Waals surface area contributed by atoms with Crippen LogP contribution in [0.2, 0.25) is 0 Å². The van der Waals surface area contributed by atoms with Crippen LogP contribution in [0.1, 0.15) is 45.4 Å². The average Bonchev–Trinajstić information content (AvgIpc) is 2.71. The van der Waals surface area contributed by atoms with E-state index >= 15 is 0 Å². The predicted molar refractivity (Wildman–Crippen MR) is 66.4 cm³/mol. The summed E-state index contributed by atoms with van der Waals surface area (Å²) in [6.07, 6.45) is -5.17. The molecule has 0 aromatic carbocycles. The molecule has 0 bridgehead atoms. The predicted octanol–water partition coefficient (Wildman–Crippen LogP) is 2.61. The molecule has 1 aromatic rings. The molecule has 1 aliphatic rings. The van der Waals surface area contributed by atoms with Gasteiger partial charge in [-0.2, -0.15) is 13.2 Å². The number of fused-ring (bicyclic) bond motifs is 1. The van der Waals surface area contributed by atoms with Crippen molar-refractivity contribution in [3.63, 3.8) is 0 Å². The molecule has 2 heterocycles. The minimum atomic E-state index is -4.60. The zero-order chi connectivity index (χ0) is 16.0. The molecule has 118 valence electrons. The number of ether oxygens (including phenoxy) is 1. The fourth-order valence-corrected chi connectivity index (χ4v) is 2.05. The maximum Gasteiger partial charge on any atom is 0.453 e. The van der Waals surface area contributed by atoms with Crippen LogP contribution < -0.4 is 0 Å². The van der Waals surface area contributed by atoms with Crippen molar-refractivity contribution in [2.75, 3.05) is 6.54 Å². The summed E-state index contributed by atoms with van der Waals surface area (Å²) in [5.74, 6) is -1.07. The van der Waals surface area contributed by atoms with Crippen LogP contribution in [0.3, 0.4) is 0 Å². The number of rotatable bonds is 0. The SMILES string of the molecule is CC1c2nc(C(F)(F)F)nn2CCN1C(=O)OC(C)(C)C. The number of alkyl halides is 3. The number of carbonyl (C=O) groups excluding carboxylic acids is 1. The smallest absolute Gasteiger partial charge is 0.444 e. The molecule has 0 N–H and O–H groups in total. The van der Waals surface area contributed by atoms with Crippen molar-refractivity contribution in [2.24, 2.45) is 0 Å². The summed E-state index contributed by atoms with van der Waals surface area (Å²) in [5.41, 5.74) is -0.668. The first-order chi connectivity index (χ1) is 9.49. The van der Waals surface area contributed by atoms with E-state index in [1.165, 1.54) is 9.58 Å². The highest BCUT2D eigenvalue weighted by molar-refractivity contribution is 5.68. The molecule has 1 amide bonds. The van der Waals surface area contributed by atoms with Gasteiger partial charge in [-0.15, -0.1) is 5.10 Å². The summed E-state index contributed by atoms with van der Waals surface area (Å²) < 4.78 is 44.3. The van der Waals surface area contributed by atoms with Crippen LogP contribution in [0.4, 0.5) is 18.0 Å². The normalized spacial score (nSPS) is 19.4. The third-order valence-corrected chi connectivity index (χ3v) is 2.98. The molecule has 0 fully saturated rings. The Labute approximate surface area is 119 Å². The maximum atomic E-state index is 12.6. The second-order valence-electron chi connectivity index (χ2n) is 5.86. The molecule has 21 heavy (non-hydrogen) atoms. The van der Waals surface area contributed by atoms with Gasteiger partial charge in [-0.1, -0.05) is 0 Å². The Hall–Kier alpha value is -1.80. The molecular formula is C12H17F3N4O2. The average molecular weight is 306 g/mol. The summed E-state index contributed by atoms with van der Waals surface area (Å²) in [6, 6.07) is -0.628. The van der Waals surface area contributed by atoms with E-state index in [4.69, 9.17) is 4.74 Å². The molecule has 0 aliphatic carbocycles. The number of hydrogen-bond acceptors (Lipinski definition) is 4. The Kier molecular flexibility index (Phi) is 3.63. The number of amides is 1. The fraction of sp³-hybridized carbons (Fsp3) is 0.750. The van der Waals surface area contributed by atoms with Crippen LogP contribution in [0, 0.1) is 0 Å². The molecular weight excluding hydrogens is 289 g/mol. The van der Waals surface area contributed by atoms with E-state index < -0.39 is 29.7 Å². The number of halogens is 3. The van der Waals surface area contributed by atoms with Gasteiger partial charge >= 0.3 is 12.3 Å². The summed E-state index contributed by atoms with van der Waals surface area (Å²) in [7, 11) is 0. The van der Waals surface area contributed by atoms with Gasteiger partial charge in [0.1, 0.15) is 11.4 Å². The second kappa shape index (κ2) is 4.88. The lowest BCUT2D eigenvalue weighted by Gasteiger charge is -2.34. The van der Waals surface area contributed by atoms with Gasteiger partial charge in [-0.05, 0) is 27.7 Å². The quantitative estimate of drug-likeness (QED) is 0.739. The third-order valence-electron chi connectivity index (χ3n) is 2.98. The van der Waals surface area contributed by atoms with Crippen molar-refractivity contribution in [3.8, 4) is 0 Å². The highest BCUT2D eigenvalue weighted by Crippen LogP contribution is 2.31. The molecule has 9 heteroatoms. The van der Waals surface area contributed by atoms with Crippen molar-refractivity contribution in [1.82, 2.24) is 19.7 Å². The number of hydrogen-bond donors (Lipinski definition) is 0. The first kappa shape index (κ1) is 15.6. The van der Waals surface area contributed by atoms with Crippen molar-refractivity contribution in [1.29, 1.82) is 0 Å². The van der Waals surface area contributed by atoms with Gasteiger partial charge in [0.15, 0.2) is 0 Å². The lowest BCUT2D eigenvalue weighted by molar-refractivity contribution is -0.145. The summed E-state index contributed by atoms with van der Waals surface area (Å²) in [5, 5.41) is 3.44. The lowest BCUT2D eigenvalue weighted by atomic mass is 10.2. The highest BCUT2D eigenvalue weighted by Gasteiger charge is 2.40. The molecule has 1 aliphatic heterocycles. The molecule has 6 nitrogen and oxygen atoms in total. The number of nitrogens with zero attached hydrogens (tertiary/aromatic N) is 4. The summed E-state index contributed by atoms with van der Waals surface area (Å²) in [4.78, 5) is 16.9. The van der Waals surface area contributed by atoms with Gasteiger partial charge in [0.2, 0.25) is 0 Å². The molecule has 0 spiro atoms. The van der Waals surface area contributed by atoms with Gasteiger partial charge in [-0.25, -0.2) is 14.5 Å². The Morgan fingerprint density at radius 2 is 1.90 bits per heavy atom. The molecule has 0 radical (unpaired) electrons. The zero-order valence-corrected chi connectivity index (χ0v) is 12.2. The Bertz CT molecular complexity index is 548. The minimum absolute atomic E-state index is 0.111. The van der Waals surface area contributed by atoms with Crippen LogP contribution in [0.25, 0.3) is 0 Å². The van der Waals surface area contributed by atoms with Crippen LogP contribution in [0.15, 0.2) is 0 Å². The monoisotopic (exact) mass is 306 g/mol. The van der Waals surface area contributed by atoms with Gasteiger partial charge < -0.3 is 4.74 Å². The Morgan fingerprint density at radius 1 is 1.29 bits per heavy atom. The number of aromatic nitrogens is 3. The zero-order valence-electron chi connectivity index (χ0n) is 12.2. The second-order valence-corrected chi connectivity index (χ2v) is 5.86. The number of carbonyl (C=O) groups is 1. The summed E-state index contributed by atoms with van der Waals surface area (Å²) >= 11 is 0. The molecule has 2 rings (SSSR count). The van der Waals surface area contributed by atoms with Gasteiger partial charge in [-0.3, -0.25) is 4.90 Å². The van der Waals surface area contributed by atoms with E-state index in [9.17, 15) is 18.0 Å². The van der Waals surface area contributed by atoms with E-state index in [-0.39, 0.29) is 18.9 Å². The van der Waals surface area contributed by atoms with Crippen LogP contribution in [0.5, 0.6) is 0 Å². The fourth-order valence-electron chi connectivity index (χ4n) is 2.05. The van der Waals surface area contributed by atoms with E-state index in [1.807, 2.05) is 0 Å². The van der Waals surface area contributed by atoms with Crippen molar-refractivity contribution in [3.05, 3.63) is 11.6 Å². The third kappa shape index (κ3) is 3.27. The highest BCUT2D eigenvalue weighted by atomic mass is 19.4. The molecule has 0 saturated heterocycles. The van der Waals surface area contributed by atoms with Crippen molar-refractivity contribution < 1.29 is 22.7 Å². The Balaban J connectivity index is 2.22. The Morgan fingerprint density at radius 3 is 2.43 bits per heavy atom. The topological polar surface area (TPSA) is 60.2 Å². The molecule has 1 atom stereocenters. The summed E-state index contributed by atoms with van der Waals surface area (Å²) in [6.45, 7) is 7.16. The lowest BCUT2D eigenvalue weighted by Crippen LogP contribution is -2.44. The van der Waals surface area contributed by atoms with E-state index in [0.29, 0.717) is 0 Å². The van der Waals surface area contributed by atoms with Crippen molar-refractivity contribution in [2.45, 2.75) is 52.1 Å². The molecule has 1 unspecified atom stereocenters. The van der Waals surface area contributed by atoms with Crippen LogP contribution >= 0.6 is 0 Å². The van der Waals surface area contributed by atoms with Crippen molar-refractivity contribution >= 4 is 6.09 Å². The van der Waals surface area contributed by atoms with E-state index in [1.54, 1.807) is 27.7 Å². The van der Waals surface area contributed by atoms with E-state index in [0.717, 1.165) is 0 Å². The molecule has 1 aromatic heterocycles. The maximum absolute atomic E-state index is 12.6. The minimum Gasteiger partial charge on any atom is -0.444 e. The first-order valence-corrected chi connectivity index (χ1v) is 6.50. The standard InChI is InChI=1S/C12H17F3N4O2/c1-7-8-16-9(12(13,14)15)17-19(8)6-5-18(7)10(20)21-11(2,3)4/h7H,5-6H2,1-4H3. The molecule has 0 saturated carbocycles. The van der Waals surface area contributed by atoms with Crippen LogP contribution in [-0.4, -0.2) is 37.9 Å². The van der Waals surface area contributed by atoms with Gasteiger partial charge in [0.05, 0.1) is 12.6 Å². The van der Waals surface area contributed by atoms with Crippen LogP contribution in [-0.2, 0) is 17.5 Å². The van der Waals surface area contributed by atoms with Gasteiger partial charge in [0, 0.05) is 6.54 Å². The van der Waals surface area contributed by atoms with Gasteiger partial charge in [0.25, 0.3) is 5.82 Å².